The maximum Gasteiger partial charge on any atom is 0.260 e. The number of piperidine rings is 1. The first kappa shape index (κ1) is 17.9. The van der Waals surface area contributed by atoms with Crippen molar-refractivity contribution in [3.63, 3.8) is 0 Å². The van der Waals surface area contributed by atoms with Gasteiger partial charge in [0.25, 0.3) is 5.91 Å². The maximum absolute atomic E-state index is 12.5. The van der Waals surface area contributed by atoms with Gasteiger partial charge in [0.15, 0.2) is 5.13 Å². The first-order chi connectivity index (χ1) is 13.2. The molecule has 0 saturated carbocycles. The van der Waals surface area contributed by atoms with Crippen LogP contribution in [0.15, 0.2) is 30.6 Å². The summed E-state index contributed by atoms with van der Waals surface area (Å²) in [4.78, 5) is 19.4. The summed E-state index contributed by atoms with van der Waals surface area (Å²) in [6, 6.07) is 5.67. The number of ether oxygens (including phenoxy) is 1. The molecule has 0 spiro atoms. The van der Waals surface area contributed by atoms with Gasteiger partial charge in [0, 0.05) is 12.7 Å². The predicted octanol–water partition coefficient (Wildman–Crippen LogP) is 3.24. The third-order valence-corrected chi connectivity index (χ3v) is 5.74. The molecule has 3 aromatic rings. The maximum atomic E-state index is 12.5. The van der Waals surface area contributed by atoms with E-state index < -0.39 is 0 Å². The lowest BCUT2D eigenvalue weighted by atomic mass is 10.1. The van der Waals surface area contributed by atoms with Crippen LogP contribution in [0.5, 0.6) is 5.75 Å². The fourth-order valence-electron chi connectivity index (χ4n) is 3.28. The van der Waals surface area contributed by atoms with Crippen LogP contribution >= 0.6 is 11.3 Å². The molecule has 1 saturated heterocycles. The Labute approximate surface area is 162 Å². The minimum atomic E-state index is -0.190. The lowest BCUT2D eigenvalue weighted by Crippen LogP contribution is -2.32. The number of thiazole rings is 1. The van der Waals surface area contributed by atoms with Crippen molar-refractivity contribution in [1.82, 2.24) is 19.7 Å². The Morgan fingerprint density at radius 2 is 2.11 bits per heavy atom. The lowest BCUT2D eigenvalue weighted by Gasteiger charge is -2.26. The Morgan fingerprint density at radius 3 is 2.93 bits per heavy atom. The van der Waals surface area contributed by atoms with Gasteiger partial charge in [-0.05, 0) is 44.1 Å². The number of anilines is 1. The zero-order chi connectivity index (χ0) is 18.6. The molecule has 1 aromatic carbocycles. The molecule has 0 bridgehead atoms. The lowest BCUT2D eigenvalue weighted by molar-refractivity contribution is 0.102. The monoisotopic (exact) mass is 385 g/mol. The van der Waals surface area contributed by atoms with Crippen LogP contribution in [0.1, 0.15) is 29.6 Å². The van der Waals surface area contributed by atoms with Crippen LogP contribution in [0.3, 0.4) is 0 Å². The molecule has 8 heteroatoms. The molecule has 1 N–H and O–H groups in total. The number of hydrogen-bond acceptors (Lipinski definition) is 6. The quantitative estimate of drug-likeness (QED) is 0.705. The summed E-state index contributed by atoms with van der Waals surface area (Å²) in [6.45, 7) is 4.10. The largest absolute Gasteiger partial charge is 0.497 e. The Kier molecular flexibility index (Phi) is 5.35. The van der Waals surface area contributed by atoms with Gasteiger partial charge in [-0.2, -0.15) is 5.10 Å². The number of hydrogen-bond donors (Lipinski definition) is 1. The number of carbonyl (C=O) groups excluding carboxylic acids is 1. The molecule has 0 radical (unpaired) electrons. The number of likely N-dealkylation sites (tertiary alicyclic amines) is 1. The molecule has 2 aromatic heterocycles. The van der Waals surface area contributed by atoms with Crippen molar-refractivity contribution in [2.45, 2.75) is 25.8 Å². The molecule has 0 unspecified atom stereocenters. The zero-order valence-electron chi connectivity index (χ0n) is 15.4. The second-order valence-electron chi connectivity index (χ2n) is 6.70. The molecule has 1 amide bonds. The first-order valence-electron chi connectivity index (χ1n) is 9.22. The third kappa shape index (κ3) is 4.28. The van der Waals surface area contributed by atoms with Crippen LogP contribution in [0.4, 0.5) is 5.13 Å². The molecule has 1 aliphatic heterocycles. The van der Waals surface area contributed by atoms with Crippen LogP contribution < -0.4 is 10.1 Å². The highest BCUT2D eigenvalue weighted by atomic mass is 32.1. The Morgan fingerprint density at radius 1 is 1.26 bits per heavy atom. The predicted molar refractivity (Wildman–Crippen MR) is 107 cm³/mol. The molecule has 1 aliphatic rings. The van der Waals surface area contributed by atoms with Crippen LogP contribution in [0, 0.1) is 0 Å². The highest BCUT2D eigenvalue weighted by Gasteiger charge is 2.14. The van der Waals surface area contributed by atoms with E-state index in [1.54, 1.807) is 19.5 Å². The number of nitrogens with zero attached hydrogens (tertiary/aromatic N) is 4. The molecular formula is C19H23N5O2S. The SMILES string of the molecule is COc1ccc2nc(NC(=O)c3cnn(CCN4CCCCC4)c3)sc2c1. The standard InChI is InChI=1S/C19H23N5O2S/c1-26-15-5-6-16-17(11-15)27-19(21-16)22-18(25)14-12-20-24(13-14)10-9-23-7-3-2-4-8-23/h5-6,11-13H,2-4,7-10H2,1H3,(H,21,22,25). The van der Waals surface area contributed by atoms with Crippen LogP contribution in [-0.2, 0) is 6.54 Å². The number of methoxy groups -OCH3 is 1. The van der Waals surface area contributed by atoms with Gasteiger partial charge in [-0.15, -0.1) is 0 Å². The highest BCUT2D eigenvalue weighted by Crippen LogP contribution is 2.29. The summed E-state index contributed by atoms with van der Waals surface area (Å²) < 4.78 is 8.04. The normalized spacial score (nSPS) is 15.1. The Hall–Kier alpha value is -2.45. The molecule has 1 fully saturated rings. The van der Waals surface area contributed by atoms with E-state index in [4.69, 9.17) is 4.74 Å². The molecule has 7 nitrogen and oxygen atoms in total. The van der Waals surface area contributed by atoms with Crippen molar-refractivity contribution in [2.75, 3.05) is 32.1 Å². The fourth-order valence-corrected chi connectivity index (χ4v) is 4.17. The Bertz CT molecular complexity index is 929. The molecule has 142 valence electrons. The molecule has 27 heavy (non-hydrogen) atoms. The van der Waals surface area contributed by atoms with Crippen LogP contribution in [0.2, 0.25) is 0 Å². The average molecular weight is 385 g/mol. The second-order valence-corrected chi connectivity index (χ2v) is 7.73. The number of benzene rings is 1. The number of aromatic nitrogens is 3. The van der Waals surface area contributed by atoms with Gasteiger partial charge in [0.1, 0.15) is 5.75 Å². The number of fused-ring (bicyclic) bond motifs is 1. The van der Waals surface area contributed by atoms with Gasteiger partial charge in [-0.3, -0.25) is 14.8 Å². The van der Waals surface area contributed by atoms with E-state index in [1.165, 1.54) is 30.6 Å². The molecule has 0 aliphatic carbocycles. The summed E-state index contributed by atoms with van der Waals surface area (Å²) in [6.07, 6.45) is 7.31. The number of rotatable bonds is 6. The minimum Gasteiger partial charge on any atom is -0.497 e. The van der Waals surface area contributed by atoms with E-state index in [-0.39, 0.29) is 5.91 Å². The summed E-state index contributed by atoms with van der Waals surface area (Å²) in [7, 11) is 1.63. The first-order valence-corrected chi connectivity index (χ1v) is 10.0. The molecule has 3 heterocycles. The number of nitrogens with one attached hydrogen (secondary N) is 1. The van der Waals surface area contributed by atoms with Gasteiger partial charge >= 0.3 is 0 Å². The highest BCUT2D eigenvalue weighted by molar-refractivity contribution is 7.22. The summed E-state index contributed by atoms with van der Waals surface area (Å²) >= 11 is 1.43. The van der Waals surface area contributed by atoms with Gasteiger partial charge < -0.3 is 9.64 Å². The van der Waals surface area contributed by atoms with Crippen molar-refractivity contribution in [3.8, 4) is 5.75 Å². The number of amides is 1. The van der Waals surface area contributed by atoms with E-state index in [2.05, 4.69) is 20.3 Å². The van der Waals surface area contributed by atoms with Crippen molar-refractivity contribution < 1.29 is 9.53 Å². The topological polar surface area (TPSA) is 72.3 Å². The van der Waals surface area contributed by atoms with Crippen molar-refractivity contribution in [3.05, 3.63) is 36.2 Å². The molecule has 0 atom stereocenters. The average Bonchev–Trinajstić information content (AvgIpc) is 3.33. The van der Waals surface area contributed by atoms with Gasteiger partial charge in [0.2, 0.25) is 0 Å². The minimum absolute atomic E-state index is 0.190. The molecule has 4 rings (SSSR count). The van der Waals surface area contributed by atoms with E-state index in [1.807, 2.05) is 22.9 Å². The van der Waals surface area contributed by atoms with E-state index in [0.29, 0.717) is 10.7 Å². The van der Waals surface area contributed by atoms with Crippen molar-refractivity contribution in [1.29, 1.82) is 0 Å². The van der Waals surface area contributed by atoms with E-state index >= 15 is 0 Å². The van der Waals surface area contributed by atoms with Crippen molar-refractivity contribution >= 4 is 32.6 Å². The number of carbonyl (C=O) groups is 1. The van der Waals surface area contributed by atoms with Gasteiger partial charge in [-0.1, -0.05) is 17.8 Å². The fraction of sp³-hybridized carbons (Fsp3) is 0.421. The zero-order valence-corrected chi connectivity index (χ0v) is 16.2. The van der Waals surface area contributed by atoms with E-state index in [9.17, 15) is 4.79 Å². The van der Waals surface area contributed by atoms with Gasteiger partial charge in [-0.25, -0.2) is 4.98 Å². The third-order valence-electron chi connectivity index (χ3n) is 4.81. The summed E-state index contributed by atoms with van der Waals surface area (Å²) in [5.41, 5.74) is 1.39. The summed E-state index contributed by atoms with van der Waals surface area (Å²) in [5, 5.41) is 7.77. The van der Waals surface area contributed by atoms with Crippen LogP contribution in [-0.4, -0.2) is 52.3 Å². The van der Waals surface area contributed by atoms with Crippen molar-refractivity contribution in [2.24, 2.45) is 0 Å². The summed E-state index contributed by atoms with van der Waals surface area (Å²) in [5.74, 6) is 0.587. The van der Waals surface area contributed by atoms with E-state index in [0.717, 1.165) is 42.1 Å². The van der Waals surface area contributed by atoms with Gasteiger partial charge in [0.05, 0.1) is 35.6 Å². The second kappa shape index (κ2) is 8.06. The van der Waals surface area contributed by atoms with Crippen LogP contribution in [0.25, 0.3) is 10.2 Å². The molecular weight excluding hydrogens is 362 g/mol. The smallest absolute Gasteiger partial charge is 0.260 e. The Balaban J connectivity index is 1.37.